The number of anilines is 1. The molecule has 1 atom stereocenters. The summed E-state index contributed by atoms with van der Waals surface area (Å²) in [6, 6.07) is 11.2. The van der Waals surface area contributed by atoms with E-state index in [9.17, 15) is 22.4 Å². The van der Waals surface area contributed by atoms with Gasteiger partial charge in [0, 0.05) is 44.5 Å². The lowest BCUT2D eigenvalue weighted by Gasteiger charge is -2.35. The smallest absolute Gasteiger partial charge is 0.251 e. The number of hydrogen-bond acceptors (Lipinski definition) is 5. The van der Waals surface area contributed by atoms with Crippen LogP contribution in [0.5, 0.6) is 0 Å². The minimum Gasteiger partial charge on any atom is -0.369 e. The first kappa shape index (κ1) is 25.6. The van der Waals surface area contributed by atoms with Gasteiger partial charge in [-0.2, -0.15) is 4.31 Å². The van der Waals surface area contributed by atoms with Crippen molar-refractivity contribution < 1.29 is 22.4 Å². The van der Waals surface area contributed by atoms with Gasteiger partial charge in [0.05, 0.1) is 4.90 Å². The average Bonchev–Trinajstić information content (AvgIpc) is 2.83. The van der Waals surface area contributed by atoms with Gasteiger partial charge < -0.3 is 15.5 Å². The Morgan fingerprint density at radius 3 is 2.26 bits per heavy atom. The molecule has 1 aliphatic rings. The molecule has 2 aromatic rings. The lowest BCUT2D eigenvalue weighted by atomic mass is 10.0. The molecule has 0 saturated carbocycles. The quantitative estimate of drug-likeness (QED) is 0.591. The third-order valence-corrected chi connectivity index (χ3v) is 7.63. The van der Waals surface area contributed by atoms with Crippen molar-refractivity contribution in [3.05, 3.63) is 59.9 Å². The number of benzene rings is 2. The highest BCUT2D eigenvalue weighted by atomic mass is 32.2. The number of rotatable bonds is 8. The maximum absolute atomic E-state index is 13.2. The highest BCUT2D eigenvalue weighted by Gasteiger charge is 2.29. The molecule has 10 heteroatoms. The van der Waals surface area contributed by atoms with Crippen molar-refractivity contribution in [2.24, 2.45) is 5.92 Å². The minimum absolute atomic E-state index is 0.0238. The fraction of sp³-hybridized carbons (Fsp3) is 0.417. The van der Waals surface area contributed by atoms with Gasteiger partial charge >= 0.3 is 0 Å². The third kappa shape index (κ3) is 6.12. The molecule has 0 aliphatic carbocycles. The van der Waals surface area contributed by atoms with E-state index in [-0.39, 0.29) is 41.2 Å². The Hall–Kier alpha value is -2.98. The fourth-order valence-corrected chi connectivity index (χ4v) is 5.37. The number of sulfonamides is 1. The molecule has 3 rings (SSSR count). The number of nitrogens with one attached hydrogen (secondary N) is 2. The number of carbonyl (C=O) groups excluding carboxylic acids is 2. The maximum Gasteiger partial charge on any atom is 0.251 e. The Morgan fingerprint density at radius 1 is 1.03 bits per heavy atom. The Bertz CT molecular complexity index is 1110. The molecule has 2 N–H and O–H groups in total. The monoisotopic (exact) mass is 490 g/mol. The molecule has 2 amide bonds. The molecule has 1 heterocycles. The zero-order valence-corrected chi connectivity index (χ0v) is 20.4. The normalized spacial score (nSPS) is 15.7. The number of likely N-dealkylation sites (N-methyl/N-ethyl adjacent to an activating group) is 1. The van der Waals surface area contributed by atoms with Crippen LogP contribution in [0.25, 0.3) is 0 Å². The van der Waals surface area contributed by atoms with E-state index in [1.54, 1.807) is 12.1 Å². The Labute approximate surface area is 200 Å². The number of hydrogen-bond donors (Lipinski definition) is 2. The summed E-state index contributed by atoms with van der Waals surface area (Å²) in [5.74, 6) is -0.945. The molecule has 0 radical (unpaired) electrons. The van der Waals surface area contributed by atoms with Crippen LogP contribution >= 0.6 is 0 Å². The molecule has 34 heavy (non-hydrogen) atoms. The van der Waals surface area contributed by atoms with Crippen LogP contribution in [0.3, 0.4) is 0 Å². The summed E-state index contributed by atoms with van der Waals surface area (Å²) in [7, 11) is -2.31. The van der Waals surface area contributed by atoms with Gasteiger partial charge in [0.1, 0.15) is 11.9 Å². The Balaban J connectivity index is 1.71. The topological polar surface area (TPSA) is 98.8 Å². The number of piperazine rings is 1. The summed E-state index contributed by atoms with van der Waals surface area (Å²) in [5.41, 5.74) is 1.01. The molecule has 1 unspecified atom stereocenters. The van der Waals surface area contributed by atoms with E-state index < -0.39 is 22.0 Å². The highest BCUT2D eigenvalue weighted by Crippen LogP contribution is 2.22. The van der Waals surface area contributed by atoms with Crippen molar-refractivity contribution in [2.45, 2.75) is 31.2 Å². The first-order chi connectivity index (χ1) is 16.1. The van der Waals surface area contributed by atoms with E-state index in [1.807, 2.05) is 18.7 Å². The number of halogens is 1. The van der Waals surface area contributed by atoms with Gasteiger partial charge in [-0.25, -0.2) is 12.8 Å². The van der Waals surface area contributed by atoms with Crippen LogP contribution in [-0.2, 0) is 14.8 Å². The summed E-state index contributed by atoms with van der Waals surface area (Å²) in [6.07, 6.45) is 0.460. The van der Waals surface area contributed by atoms with Crippen molar-refractivity contribution in [2.75, 3.05) is 38.1 Å². The molecule has 184 valence electrons. The largest absolute Gasteiger partial charge is 0.369 e. The summed E-state index contributed by atoms with van der Waals surface area (Å²) in [4.78, 5) is 27.0. The summed E-state index contributed by atoms with van der Waals surface area (Å²) >= 11 is 0. The Kier molecular flexibility index (Phi) is 8.27. The zero-order valence-electron chi connectivity index (χ0n) is 19.6. The van der Waals surface area contributed by atoms with Gasteiger partial charge in [0.15, 0.2) is 0 Å². The van der Waals surface area contributed by atoms with Gasteiger partial charge in [0.25, 0.3) is 5.91 Å². The van der Waals surface area contributed by atoms with Crippen LogP contribution in [0, 0.1) is 11.7 Å². The average molecular weight is 491 g/mol. The van der Waals surface area contributed by atoms with E-state index in [2.05, 4.69) is 10.6 Å². The number of nitrogens with zero attached hydrogens (tertiary/aromatic N) is 2. The second-order valence-electron chi connectivity index (χ2n) is 8.67. The second kappa shape index (κ2) is 11.0. The van der Waals surface area contributed by atoms with E-state index in [1.165, 1.54) is 47.8 Å². The standard InChI is InChI=1S/C24H31FN4O4S/c1-17(2)15-22(24(31)26-3)27-23(30)18-5-4-6-21(16-18)34(32,33)29-13-11-28(12-14-29)20-9-7-19(25)8-10-20/h4-10,16-17,22H,11-15H2,1-3H3,(H,26,31)(H,27,30). The predicted octanol–water partition coefficient (Wildman–Crippen LogP) is 2.23. The van der Waals surface area contributed by atoms with Crippen molar-refractivity contribution in [1.29, 1.82) is 0 Å². The van der Waals surface area contributed by atoms with Crippen LogP contribution < -0.4 is 15.5 Å². The van der Waals surface area contributed by atoms with Crippen molar-refractivity contribution >= 4 is 27.5 Å². The SMILES string of the molecule is CNC(=O)C(CC(C)C)NC(=O)c1cccc(S(=O)(=O)N2CCN(c3ccc(F)cc3)CC2)c1. The highest BCUT2D eigenvalue weighted by molar-refractivity contribution is 7.89. The third-order valence-electron chi connectivity index (χ3n) is 5.74. The first-order valence-corrected chi connectivity index (χ1v) is 12.7. The summed E-state index contributed by atoms with van der Waals surface area (Å²) in [6.45, 7) is 5.37. The van der Waals surface area contributed by atoms with E-state index >= 15 is 0 Å². The molecule has 1 aliphatic heterocycles. The van der Waals surface area contributed by atoms with Gasteiger partial charge in [-0.3, -0.25) is 9.59 Å². The molecular weight excluding hydrogens is 459 g/mol. The maximum atomic E-state index is 13.2. The van der Waals surface area contributed by atoms with Gasteiger partial charge in [-0.05, 0) is 54.8 Å². The lowest BCUT2D eigenvalue weighted by molar-refractivity contribution is -0.122. The first-order valence-electron chi connectivity index (χ1n) is 11.2. The minimum atomic E-state index is -3.81. The van der Waals surface area contributed by atoms with Crippen LogP contribution in [0.1, 0.15) is 30.6 Å². The van der Waals surface area contributed by atoms with Crippen LogP contribution in [-0.4, -0.2) is 63.8 Å². The van der Waals surface area contributed by atoms with E-state index in [0.29, 0.717) is 19.5 Å². The molecule has 0 bridgehead atoms. The Morgan fingerprint density at radius 2 is 1.68 bits per heavy atom. The second-order valence-corrected chi connectivity index (χ2v) is 10.6. The van der Waals surface area contributed by atoms with Crippen molar-refractivity contribution in [3.63, 3.8) is 0 Å². The molecule has 8 nitrogen and oxygen atoms in total. The van der Waals surface area contributed by atoms with Gasteiger partial charge in [0.2, 0.25) is 15.9 Å². The van der Waals surface area contributed by atoms with Crippen molar-refractivity contribution in [1.82, 2.24) is 14.9 Å². The lowest BCUT2D eigenvalue weighted by Crippen LogP contribution is -2.48. The van der Waals surface area contributed by atoms with Gasteiger partial charge in [-0.1, -0.05) is 19.9 Å². The summed E-state index contributed by atoms with van der Waals surface area (Å²) < 4.78 is 41.0. The number of amides is 2. The van der Waals surface area contributed by atoms with Gasteiger partial charge in [-0.15, -0.1) is 0 Å². The molecule has 1 saturated heterocycles. The van der Waals surface area contributed by atoms with E-state index in [4.69, 9.17) is 0 Å². The number of carbonyl (C=O) groups is 2. The molecular formula is C24H31FN4O4S. The van der Waals surface area contributed by atoms with Crippen LogP contribution in [0.2, 0.25) is 0 Å². The van der Waals surface area contributed by atoms with Crippen LogP contribution in [0.4, 0.5) is 10.1 Å². The van der Waals surface area contributed by atoms with Crippen LogP contribution in [0.15, 0.2) is 53.4 Å². The molecule has 1 fully saturated rings. The fourth-order valence-electron chi connectivity index (χ4n) is 3.90. The summed E-state index contributed by atoms with van der Waals surface area (Å²) in [5, 5.41) is 5.25. The zero-order chi connectivity index (χ0) is 24.9. The van der Waals surface area contributed by atoms with E-state index in [0.717, 1.165) is 5.69 Å². The molecule has 2 aromatic carbocycles. The molecule has 0 aromatic heterocycles. The predicted molar refractivity (Wildman–Crippen MR) is 129 cm³/mol. The molecule has 0 spiro atoms. The van der Waals surface area contributed by atoms with Crippen molar-refractivity contribution in [3.8, 4) is 0 Å².